The van der Waals surface area contributed by atoms with Gasteiger partial charge in [0.25, 0.3) is 0 Å². The fourth-order valence-electron chi connectivity index (χ4n) is 3.38. The number of nitrogens with zero attached hydrogens (tertiary/aromatic N) is 1. The standard InChI is InChI=1S/C14H24N2O2/c1-4-10(3)11-12(17)16(5-2)14(13(18)15-11)8-6-7-9-14/h10-11H,4-9H2,1-3H3,(H,15,18). The van der Waals surface area contributed by atoms with Gasteiger partial charge in [-0.3, -0.25) is 9.59 Å². The van der Waals surface area contributed by atoms with Gasteiger partial charge >= 0.3 is 0 Å². The van der Waals surface area contributed by atoms with E-state index in [1.807, 2.05) is 18.7 Å². The van der Waals surface area contributed by atoms with Gasteiger partial charge in [-0.1, -0.05) is 33.1 Å². The summed E-state index contributed by atoms with van der Waals surface area (Å²) in [6.45, 7) is 6.70. The molecule has 2 rings (SSSR count). The first kappa shape index (κ1) is 13.4. The summed E-state index contributed by atoms with van der Waals surface area (Å²) in [6.07, 6.45) is 4.65. The Hall–Kier alpha value is -1.06. The summed E-state index contributed by atoms with van der Waals surface area (Å²) in [7, 11) is 0. The minimum atomic E-state index is -0.532. The zero-order valence-corrected chi connectivity index (χ0v) is 11.7. The van der Waals surface area contributed by atoms with Crippen LogP contribution in [-0.4, -0.2) is 34.8 Å². The van der Waals surface area contributed by atoms with E-state index in [1.54, 1.807) is 0 Å². The van der Waals surface area contributed by atoms with E-state index in [9.17, 15) is 9.59 Å². The van der Waals surface area contributed by atoms with Crippen molar-refractivity contribution in [2.45, 2.75) is 64.5 Å². The monoisotopic (exact) mass is 252 g/mol. The fraction of sp³-hybridized carbons (Fsp3) is 0.857. The van der Waals surface area contributed by atoms with E-state index in [0.29, 0.717) is 6.54 Å². The number of hydrogen-bond acceptors (Lipinski definition) is 2. The van der Waals surface area contributed by atoms with Crippen LogP contribution in [0.4, 0.5) is 0 Å². The molecule has 0 aromatic carbocycles. The molecular formula is C14H24N2O2. The van der Waals surface area contributed by atoms with Crippen LogP contribution in [0.1, 0.15) is 52.9 Å². The van der Waals surface area contributed by atoms with Crippen molar-refractivity contribution >= 4 is 11.8 Å². The van der Waals surface area contributed by atoms with E-state index in [1.165, 1.54) is 0 Å². The number of rotatable bonds is 3. The van der Waals surface area contributed by atoms with Crippen molar-refractivity contribution in [1.82, 2.24) is 10.2 Å². The molecule has 1 aliphatic carbocycles. The van der Waals surface area contributed by atoms with Gasteiger partial charge in [-0.15, -0.1) is 0 Å². The van der Waals surface area contributed by atoms with E-state index in [0.717, 1.165) is 32.1 Å². The maximum Gasteiger partial charge on any atom is 0.246 e. The molecular weight excluding hydrogens is 228 g/mol. The Kier molecular flexibility index (Phi) is 3.64. The summed E-state index contributed by atoms with van der Waals surface area (Å²) in [6, 6.07) is -0.325. The number of carbonyl (C=O) groups excluding carboxylic acids is 2. The Morgan fingerprint density at radius 2 is 1.94 bits per heavy atom. The molecule has 1 N–H and O–H groups in total. The summed E-state index contributed by atoms with van der Waals surface area (Å²) in [5, 5.41) is 2.98. The Bertz CT molecular complexity index is 348. The van der Waals surface area contributed by atoms with Gasteiger partial charge in [0.1, 0.15) is 11.6 Å². The van der Waals surface area contributed by atoms with Gasteiger partial charge in [-0.05, 0) is 25.7 Å². The van der Waals surface area contributed by atoms with Crippen LogP contribution in [0.25, 0.3) is 0 Å². The van der Waals surface area contributed by atoms with Crippen LogP contribution in [0.15, 0.2) is 0 Å². The van der Waals surface area contributed by atoms with Crippen molar-refractivity contribution in [3.63, 3.8) is 0 Å². The van der Waals surface area contributed by atoms with Crippen LogP contribution in [0, 0.1) is 5.92 Å². The number of likely N-dealkylation sites (N-methyl/N-ethyl adjacent to an activating group) is 1. The molecule has 1 spiro atoms. The normalized spacial score (nSPS) is 28.6. The predicted octanol–water partition coefficient (Wildman–Crippen LogP) is 1.69. The second kappa shape index (κ2) is 4.90. The minimum Gasteiger partial charge on any atom is -0.342 e. The van der Waals surface area contributed by atoms with E-state index < -0.39 is 5.54 Å². The van der Waals surface area contributed by atoms with Crippen LogP contribution in [0.3, 0.4) is 0 Å². The van der Waals surface area contributed by atoms with Crippen LogP contribution < -0.4 is 5.32 Å². The van der Waals surface area contributed by atoms with Crippen LogP contribution in [0.5, 0.6) is 0 Å². The average molecular weight is 252 g/mol. The molecule has 4 nitrogen and oxygen atoms in total. The zero-order valence-electron chi connectivity index (χ0n) is 11.7. The molecule has 0 aromatic rings. The fourth-order valence-corrected chi connectivity index (χ4v) is 3.38. The van der Waals surface area contributed by atoms with Gasteiger partial charge in [0.15, 0.2) is 0 Å². The Balaban J connectivity index is 2.29. The molecule has 2 unspecified atom stereocenters. The Morgan fingerprint density at radius 1 is 1.33 bits per heavy atom. The molecule has 2 aliphatic rings. The molecule has 1 aliphatic heterocycles. The molecule has 0 radical (unpaired) electrons. The Morgan fingerprint density at radius 3 is 2.44 bits per heavy atom. The number of amides is 2. The summed E-state index contributed by atoms with van der Waals surface area (Å²) in [5.74, 6) is 0.398. The number of hydrogen-bond donors (Lipinski definition) is 1. The first-order chi connectivity index (χ1) is 8.56. The molecule has 18 heavy (non-hydrogen) atoms. The number of nitrogens with one attached hydrogen (secondary N) is 1. The molecule has 2 amide bonds. The first-order valence-electron chi connectivity index (χ1n) is 7.19. The highest BCUT2D eigenvalue weighted by Gasteiger charge is 2.53. The van der Waals surface area contributed by atoms with Crippen LogP contribution in [0.2, 0.25) is 0 Å². The van der Waals surface area contributed by atoms with Gasteiger partial charge < -0.3 is 10.2 Å². The third-order valence-electron chi connectivity index (χ3n) is 4.72. The lowest BCUT2D eigenvalue weighted by atomic mass is 9.86. The van der Waals surface area contributed by atoms with Crippen molar-refractivity contribution in [3.05, 3.63) is 0 Å². The molecule has 1 saturated carbocycles. The first-order valence-corrected chi connectivity index (χ1v) is 7.19. The molecule has 2 fully saturated rings. The summed E-state index contributed by atoms with van der Waals surface area (Å²) < 4.78 is 0. The van der Waals surface area contributed by atoms with Crippen LogP contribution in [-0.2, 0) is 9.59 Å². The quantitative estimate of drug-likeness (QED) is 0.831. The van der Waals surface area contributed by atoms with Gasteiger partial charge in [-0.2, -0.15) is 0 Å². The SMILES string of the molecule is CCC(C)C1NC(=O)C2(CCCC2)N(CC)C1=O. The Labute approximate surface area is 109 Å². The number of carbonyl (C=O) groups is 2. The summed E-state index contributed by atoms with van der Waals surface area (Å²) in [5.41, 5.74) is -0.532. The summed E-state index contributed by atoms with van der Waals surface area (Å²) >= 11 is 0. The largest absolute Gasteiger partial charge is 0.342 e. The molecule has 1 saturated heterocycles. The molecule has 2 atom stereocenters. The molecule has 0 aromatic heterocycles. The van der Waals surface area contributed by atoms with Gasteiger partial charge in [0.2, 0.25) is 11.8 Å². The van der Waals surface area contributed by atoms with Gasteiger partial charge in [-0.25, -0.2) is 0 Å². The zero-order chi connectivity index (χ0) is 13.3. The van der Waals surface area contributed by atoms with E-state index >= 15 is 0 Å². The average Bonchev–Trinajstić information content (AvgIpc) is 2.84. The molecule has 4 heteroatoms. The third kappa shape index (κ3) is 1.82. The van der Waals surface area contributed by atoms with Crippen molar-refractivity contribution in [2.75, 3.05) is 6.54 Å². The van der Waals surface area contributed by atoms with Crippen molar-refractivity contribution in [2.24, 2.45) is 5.92 Å². The smallest absolute Gasteiger partial charge is 0.246 e. The second-order valence-corrected chi connectivity index (χ2v) is 5.66. The lowest BCUT2D eigenvalue weighted by Crippen LogP contribution is -2.70. The molecule has 0 bridgehead atoms. The van der Waals surface area contributed by atoms with Crippen molar-refractivity contribution in [1.29, 1.82) is 0 Å². The topological polar surface area (TPSA) is 49.4 Å². The maximum atomic E-state index is 12.6. The second-order valence-electron chi connectivity index (χ2n) is 5.66. The van der Waals surface area contributed by atoms with Crippen molar-refractivity contribution in [3.8, 4) is 0 Å². The lowest BCUT2D eigenvalue weighted by Gasteiger charge is -2.47. The van der Waals surface area contributed by atoms with E-state index in [4.69, 9.17) is 0 Å². The van der Waals surface area contributed by atoms with Gasteiger partial charge in [0, 0.05) is 6.54 Å². The molecule has 1 heterocycles. The van der Waals surface area contributed by atoms with Crippen molar-refractivity contribution < 1.29 is 9.59 Å². The minimum absolute atomic E-state index is 0.0757. The van der Waals surface area contributed by atoms with E-state index in [2.05, 4.69) is 12.2 Å². The van der Waals surface area contributed by atoms with E-state index in [-0.39, 0.29) is 23.8 Å². The molecule has 102 valence electrons. The van der Waals surface area contributed by atoms with Gasteiger partial charge in [0.05, 0.1) is 0 Å². The third-order valence-corrected chi connectivity index (χ3v) is 4.72. The van der Waals surface area contributed by atoms with Crippen LogP contribution >= 0.6 is 0 Å². The lowest BCUT2D eigenvalue weighted by molar-refractivity contribution is -0.158. The predicted molar refractivity (Wildman–Crippen MR) is 70.0 cm³/mol. The maximum absolute atomic E-state index is 12.6. The summed E-state index contributed by atoms with van der Waals surface area (Å²) in [4.78, 5) is 26.9. The highest BCUT2D eigenvalue weighted by Crippen LogP contribution is 2.38. The highest BCUT2D eigenvalue weighted by molar-refractivity contribution is 6.00. The highest BCUT2D eigenvalue weighted by atomic mass is 16.2. The number of piperazine rings is 1.